The molecule has 100 valence electrons. The molecule has 1 unspecified atom stereocenters. The number of hydrogen-bond acceptors (Lipinski definition) is 2. The van der Waals surface area contributed by atoms with Gasteiger partial charge in [-0.25, -0.2) is 0 Å². The summed E-state index contributed by atoms with van der Waals surface area (Å²) < 4.78 is 0. The third kappa shape index (κ3) is 3.33. The minimum Gasteiger partial charge on any atom is -0.481 e. The standard InChI is InChI=1S/C15H22O3/c1-10-6-7-11(14(2,3)4)8-12(10)15(5,18)9-13(16)17/h6-8,18H,9H2,1-5H3,(H,16,17). The molecule has 3 heteroatoms. The topological polar surface area (TPSA) is 57.5 Å². The highest BCUT2D eigenvalue weighted by Gasteiger charge is 2.29. The van der Waals surface area contributed by atoms with Crippen LogP contribution < -0.4 is 0 Å². The number of aliphatic carboxylic acids is 1. The van der Waals surface area contributed by atoms with Crippen LogP contribution in [-0.4, -0.2) is 16.2 Å². The van der Waals surface area contributed by atoms with Crippen molar-refractivity contribution in [3.8, 4) is 0 Å². The number of aryl methyl sites for hydroxylation is 1. The summed E-state index contributed by atoms with van der Waals surface area (Å²) in [5.74, 6) is -0.999. The van der Waals surface area contributed by atoms with Crippen LogP contribution in [-0.2, 0) is 15.8 Å². The van der Waals surface area contributed by atoms with Gasteiger partial charge >= 0.3 is 5.97 Å². The van der Waals surface area contributed by atoms with Crippen molar-refractivity contribution in [3.05, 3.63) is 34.9 Å². The van der Waals surface area contributed by atoms with Crippen LogP contribution in [0.4, 0.5) is 0 Å². The number of hydrogen-bond donors (Lipinski definition) is 2. The minimum atomic E-state index is -1.34. The zero-order valence-corrected chi connectivity index (χ0v) is 11.7. The van der Waals surface area contributed by atoms with E-state index in [4.69, 9.17) is 5.11 Å². The molecule has 0 aliphatic rings. The van der Waals surface area contributed by atoms with Crippen LogP contribution in [0.15, 0.2) is 18.2 Å². The first-order valence-electron chi connectivity index (χ1n) is 6.10. The van der Waals surface area contributed by atoms with Crippen LogP contribution in [0, 0.1) is 6.92 Å². The van der Waals surface area contributed by atoms with Gasteiger partial charge in [-0.05, 0) is 36.0 Å². The maximum atomic E-state index is 10.8. The number of carboxylic acids is 1. The number of benzene rings is 1. The lowest BCUT2D eigenvalue weighted by Gasteiger charge is -2.27. The average Bonchev–Trinajstić information content (AvgIpc) is 2.13. The molecule has 0 aliphatic carbocycles. The summed E-state index contributed by atoms with van der Waals surface area (Å²) in [6.07, 6.45) is -0.290. The van der Waals surface area contributed by atoms with E-state index in [1.807, 2.05) is 25.1 Å². The Bertz CT molecular complexity index is 453. The van der Waals surface area contributed by atoms with Gasteiger partial charge in [-0.3, -0.25) is 4.79 Å². The van der Waals surface area contributed by atoms with E-state index in [1.165, 1.54) is 0 Å². The normalized spacial score (nSPS) is 15.2. The highest BCUT2D eigenvalue weighted by molar-refractivity contribution is 5.68. The van der Waals surface area contributed by atoms with Gasteiger partial charge in [0.2, 0.25) is 0 Å². The second kappa shape index (κ2) is 4.73. The number of aliphatic hydroxyl groups is 1. The summed E-state index contributed by atoms with van der Waals surface area (Å²) in [6, 6.07) is 5.88. The molecule has 0 saturated heterocycles. The molecule has 0 aliphatic heterocycles. The monoisotopic (exact) mass is 250 g/mol. The molecule has 0 bridgehead atoms. The van der Waals surface area contributed by atoms with E-state index in [0.717, 1.165) is 11.1 Å². The largest absolute Gasteiger partial charge is 0.481 e. The second-order valence-corrected chi connectivity index (χ2v) is 6.12. The zero-order chi connectivity index (χ0) is 14.1. The number of carboxylic acid groups (broad SMARTS) is 1. The minimum absolute atomic E-state index is 0.0260. The highest BCUT2D eigenvalue weighted by Crippen LogP contribution is 2.32. The molecule has 0 spiro atoms. The van der Waals surface area contributed by atoms with Crippen LogP contribution >= 0.6 is 0 Å². The molecule has 3 nitrogen and oxygen atoms in total. The van der Waals surface area contributed by atoms with Crippen molar-refractivity contribution >= 4 is 5.97 Å². The first-order valence-corrected chi connectivity index (χ1v) is 6.10. The molecular weight excluding hydrogens is 228 g/mol. The molecule has 0 saturated carbocycles. The van der Waals surface area contributed by atoms with Gasteiger partial charge in [0.05, 0.1) is 12.0 Å². The van der Waals surface area contributed by atoms with Crippen molar-refractivity contribution in [1.82, 2.24) is 0 Å². The van der Waals surface area contributed by atoms with Crippen molar-refractivity contribution in [2.24, 2.45) is 0 Å². The fraction of sp³-hybridized carbons (Fsp3) is 0.533. The van der Waals surface area contributed by atoms with Crippen molar-refractivity contribution in [2.45, 2.75) is 52.1 Å². The van der Waals surface area contributed by atoms with E-state index >= 15 is 0 Å². The fourth-order valence-corrected chi connectivity index (χ4v) is 2.06. The quantitative estimate of drug-likeness (QED) is 0.867. The van der Waals surface area contributed by atoms with Crippen LogP contribution in [0.2, 0.25) is 0 Å². The molecule has 1 atom stereocenters. The van der Waals surface area contributed by atoms with Gasteiger partial charge in [-0.1, -0.05) is 39.0 Å². The van der Waals surface area contributed by atoms with Crippen LogP contribution in [0.3, 0.4) is 0 Å². The van der Waals surface area contributed by atoms with E-state index in [-0.39, 0.29) is 11.8 Å². The molecular formula is C15H22O3. The van der Waals surface area contributed by atoms with Gasteiger partial charge in [-0.15, -0.1) is 0 Å². The third-order valence-corrected chi connectivity index (χ3v) is 3.18. The van der Waals surface area contributed by atoms with E-state index < -0.39 is 11.6 Å². The van der Waals surface area contributed by atoms with Crippen molar-refractivity contribution in [2.75, 3.05) is 0 Å². The Hall–Kier alpha value is -1.35. The summed E-state index contributed by atoms with van der Waals surface area (Å²) in [7, 11) is 0. The van der Waals surface area contributed by atoms with E-state index in [0.29, 0.717) is 5.56 Å². The molecule has 1 aromatic carbocycles. The van der Waals surface area contributed by atoms with Gasteiger partial charge in [0.1, 0.15) is 0 Å². The lowest BCUT2D eigenvalue weighted by Crippen LogP contribution is -2.27. The first kappa shape index (κ1) is 14.7. The highest BCUT2D eigenvalue weighted by atomic mass is 16.4. The lowest BCUT2D eigenvalue weighted by molar-refractivity contribution is -0.142. The molecule has 0 fully saturated rings. The van der Waals surface area contributed by atoms with Crippen molar-refractivity contribution in [1.29, 1.82) is 0 Å². The number of carbonyl (C=O) groups is 1. The van der Waals surface area contributed by atoms with Crippen molar-refractivity contribution < 1.29 is 15.0 Å². The van der Waals surface area contributed by atoms with Gasteiger partial charge in [0.15, 0.2) is 0 Å². The summed E-state index contributed by atoms with van der Waals surface area (Å²) in [6.45, 7) is 9.71. The Labute approximate surface area is 108 Å². The van der Waals surface area contributed by atoms with E-state index in [2.05, 4.69) is 20.8 Å². The maximum Gasteiger partial charge on any atom is 0.306 e. The van der Waals surface area contributed by atoms with Crippen LogP contribution in [0.25, 0.3) is 0 Å². The van der Waals surface area contributed by atoms with Gasteiger partial charge < -0.3 is 10.2 Å². The summed E-state index contributed by atoms with van der Waals surface area (Å²) in [5.41, 5.74) is 1.33. The second-order valence-electron chi connectivity index (χ2n) is 6.12. The first-order chi connectivity index (χ1) is 8.04. The lowest BCUT2D eigenvalue weighted by atomic mass is 9.81. The summed E-state index contributed by atoms with van der Waals surface area (Å²) in [5, 5.41) is 19.2. The number of rotatable bonds is 3. The molecule has 0 amide bonds. The predicted octanol–water partition coefficient (Wildman–Crippen LogP) is 2.97. The van der Waals surface area contributed by atoms with Crippen LogP contribution in [0.5, 0.6) is 0 Å². The SMILES string of the molecule is Cc1ccc(C(C)(C)C)cc1C(C)(O)CC(=O)O. The molecule has 2 N–H and O–H groups in total. The molecule has 1 aromatic rings. The van der Waals surface area contributed by atoms with Gasteiger partial charge in [-0.2, -0.15) is 0 Å². The molecule has 18 heavy (non-hydrogen) atoms. The molecule has 0 radical (unpaired) electrons. The average molecular weight is 250 g/mol. The fourth-order valence-electron chi connectivity index (χ4n) is 2.06. The Morgan fingerprint density at radius 3 is 2.22 bits per heavy atom. The Morgan fingerprint density at radius 2 is 1.78 bits per heavy atom. The van der Waals surface area contributed by atoms with E-state index in [1.54, 1.807) is 6.92 Å². The summed E-state index contributed by atoms with van der Waals surface area (Å²) in [4.78, 5) is 10.8. The Balaban J connectivity index is 3.27. The van der Waals surface area contributed by atoms with Gasteiger partial charge in [0.25, 0.3) is 0 Å². The van der Waals surface area contributed by atoms with Crippen molar-refractivity contribution in [3.63, 3.8) is 0 Å². The smallest absolute Gasteiger partial charge is 0.306 e. The molecule has 1 rings (SSSR count). The molecule has 0 aromatic heterocycles. The predicted molar refractivity (Wildman–Crippen MR) is 71.7 cm³/mol. The maximum absolute atomic E-state index is 10.8. The van der Waals surface area contributed by atoms with Gasteiger partial charge in [0, 0.05) is 0 Å². The Morgan fingerprint density at radius 1 is 1.22 bits per heavy atom. The zero-order valence-electron chi connectivity index (χ0n) is 11.7. The third-order valence-electron chi connectivity index (χ3n) is 3.18. The summed E-state index contributed by atoms with van der Waals surface area (Å²) >= 11 is 0. The van der Waals surface area contributed by atoms with E-state index in [9.17, 15) is 9.90 Å². The molecule has 0 heterocycles. The van der Waals surface area contributed by atoms with Crippen LogP contribution in [0.1, 0.15) is 50.8 Å². The Kier molecular flexibility index (Phi) is 3.86.